The van der Waals surface area contributed by atoms with Crippen LogP contribution in [0.2, 0.25) is 0 Å². The number of aromatic nitrogens is 2. The summed E-state index contributed by atoms with van der Waals surface area (Å²) in [6.45, 7) is 3.85. The standard InChI is InChI=1S/C16H15N3O/c1-10-8-14(15-7-6-11(2)20-15)19-16(18-10)12-4-3-5-13(17)9-12/h3-9H,17H2,1-2H3. The zero-order chi connectivity index (χ0) is 14.1. The van der Waals surface area contributed by atoms with Crippen molar-refractivity contribution in [1.29, 1.82) is 0 Å². The van der Waals surface area contributed by atoms with E-state index in [1.165, 1.54) is 0 Å². The van der Waals surface area contributed by atoms with E-state index in [1.807, 2.05) is 56.3 Å². The molecule has 0 aliphatic rings. The van der Waals surface area contributed by atoms with Crippen LogP contribution in [0.1, 0.15) is 11.5 Å². The number of nitrogens with zero attached hydrogens (tertiary/aromatic N) is 2. The fourth-order valence-corrected chi connectivity index (χ4v) is 2.07. The molecule has 4 heteroatoms. The lowest BCUT2D eigenvalue weighted by atomic mass is 10.1. The van der Waals surface area contributed by atoms with Gasteiger partial charge in [-0.3, -0.25) is 0 Å². The fourth-order valence-electron chi connectivity index (χ4n) is 2.07. The van der Waals surface area contributed by atoms with Crippen LogP contribution in [0.4, 0.5) is 5.69 Å². The molecule has 2 N–H and O–H groups in total. The number of nitrogen functional groups attached to an aromatic ring is 1. The van der Waals surface area contributed by atoms with E-state index in [0.717, 1.165) is 28.5 Å². The second-order valence-electron chi connectivity index (χ2n) is 4.75. The van der Waals surface area contributed by atoms with Crippen molar-refractivity contribution in [2.45, 2.75) is 13.8 Å². The Morgan fingerprint density at radius 2 is 1.85 bits per heavy atom. The van der Waals surface area contributed by atoms with Crippen LogP contribution in [0, 0.1) is 13.8 Å². The average molecular weight is 265 g/mol. The number of rotatable bonds is 2. The van der Waals surface area contributed by atoms with Gasteiger partial charge in [-0.25, -0.2) is 9.97 Å². The van der Waals surface area contributed by atoms with Gasteiger partial charge < -0.3 is 10.2 Å². The Hall–Kier alpha value is -2.62. The maximum Gasteiger partial charge on any atom is 0.160 e. The summed E-state index contributed by atoms with van der Waals surface area (Å²) in [6, 6.07) is 13.3. The minimum Gasteiger partial charge on any atom is -0.460 e. The van der Waals surface area contributed by atoms with Gasteiger partial charge in [-0.2, -0.15) is 0 Å². The molecule has 0 saturated carbocycles. The van der Waals surface area contributed by atoms with Gasteiger partial charge in [0.05, 0.1) is 0 Å². The smallest absolute Gasteiger partial charge is 0.160 e. The molecule has 3 aromatic rings. The first-order chi connectivity index (χ1) is 9.61. The van der Waals surface area contributed by atoms with Crippen LogP contribution < -0.4 is 5.73 Å². The summed E-state index contributed by atoms with van der Waals surface area (Å²) in [6.07, 6.45) is 0. The lowest BCUT2D eigenvalue weighted by molar-refractivity contribution is 0.546. The Bertz CT molecular complexity index is 762. The van der Waals surface area contributed by atoms with Gasteiger partial charge >= 0.3 is 0 Å². The van der Waals surface area contributed by atoms with Crippen molar-refractivity contribution in [3.63, 3.8) is 0 Å². The predicted octanol–water partition coefficient (Wildman–Crippen LogP) is 3.60. The second-order valence-corrected chi connectivity index (χ2v) is 4.75. The van der Waals surface area contributed by atoms with Crippen LogP contribution in [0.5, 0.6) is 0 Å². The molecule has 20 heavy (non-hydrogen) atoms. The van der Waals surface area contributed by atoms with Gasteiger partial charge in [-0.05, 0) is 44.2 Å². The molecule has 0 aliphatic heterocycles. The van der Waals surface area contributed by atoms with Crippen LogP contribution in [0.15, 0.2) is 46.9 Å². The Kier molecular flexibility index (Phi) is 2.99. The van der Waals surface area contributed by atoms with Crippen molar-refractivity contribution in [3.8, 4) is 22.8 Å². The molecule has 2 aromatic heterocycles. The molecule has 0 unspecified atom stereocenters. The molecule has 1 aromatic carbocycles. The first-order valence-electron chi connectivity index (χ1n) is 6.40. The monoisotopic (exact) mass is 265 g/mol. The maximum atomic E-state index is 5.81. The lowest BCUT2D eigenvalue weighted by Crippen LogP contribution is -1.95. The lowest BCUT2D eigenvalue weighted by Gasteiger charge is -2.05. The third-order valence-electron chi connectivity index (χ3n) is 2.99. The average Bonchev–Trinajstić information content (AvgIpc) is 2.85. The summed E-state index contributed by atoms with van der Waals surface area (Å²) < 4.78 is 5.62. The van der Waals surface area contributed by atoms with Gasteiger partial charge in [0.15, 0.2) is 11.6 Å². The second kappa shape index (κ2) is 4.81. The van der Waals surface area contributed by atoms with Gasteiger partial charge in [-0.1, -0.05) is 12.1 Å². The Labute approximate surface area is 117 Å². The molecule has 0 radical (unpaired) electrons. The van der Waals surface area contributed by atoms with E-state index in [0.29, 0.717) is 11.5 Å². The molecule has 2 heterocycles. The third kappa shape index (κ3) is 2.40. The molecular formula is C16H15N3O. The van der Waals surface area contributed by atoms with Crippen LogP contribution in [-0.2, 0) is 0 Å². The van der Waals surface area contributed by atoms with Crippen LogP contribution >= 0.6 is 0 Å². The molecule has 0 fully saturated rings. The van der Waals surface area contributed by atoms with Crippen molar-refractivity contribution in [1.82, 2.24) is 9.97 Å². The summed E-state index contributed by atoms with van der Waals surface area (Å²) in [5, 5.41) is 0. The quantitative estimate of drug-likeness (QED) is 0.719. The molecule has 0 amide bonds. The number of nitrogens with two attached hydrogens (primary N) is 1. The molecule has 0 bridgehead atoms. The molecule has 100 valence electrons. The van der Waals surface area contributed by atoms with E-state index < -0.39 is 0 Å². The highest BCUT2D eigenvalue weighted by atomic mass is 16.3. The Balaban J connectivity index is 2.11. The summed E-state index contributed by atoms with van der Waals surface area (Å²) in [4.78, 5) is 9.04. The number of hydrogen-bond donors (Lipinski definition) is 1. The van der Waals surface area contributed by atoms with Crippen molar-refractivity contribution in [2.75, 3.05) is 5.73 Å². The largest absolute Gasteiger partial charge is 0.460 e. The summed E-state index contributed by atoms with van der Waals surface area (Å²) in [5.41, 5.74) is 9.08. The Morgan fingerprint density at radius 3 is 2.55 bits per heavy atom. The van der Waals surface area contributed by atoms with Gasteiger partial charge in [-0.15, -0.1) is 0 Å². The highest BCUT2D eigenvalue weighted by molar-refractivity contribution is 5.64. The van der Waals surface area contributed by atoms with E-state index in [9.17, 15) is 0 Å². The molecular weight excluding hydrogens is 250 g/mol. The SMILES string of the molecule is Cc1cc(-c2ccc(C)o2)nc(-c2cccc(N)c2)n1. The first kappa shape index (κ1) is 12.4. The van der Waals surface area contributed by atoms with Crippen LogP contribution in [0.25, 0.3) is 22.8 Å². The zero-order valence-corrected chi connectivity index (χ0v) is 11.4. The molecule has 0 spiro atoms. The molecule has 3 rings (SSSR count). The summed E-state index contributed by atoms with van der Waals surface area (Å²) in [7, 11) is 0. The summed E-state index contributed by atoms with van der Waals surface area (Å²) >= 11 is 0. The highest BCUT2D eigenvalue weighted by Crippen LogP contribution is 2.24. The van der Waals surface area contributed by atoms with Crippen molar-refractivity contribution >= 4 is 5.69 Å². The predicted molar refractivity (Wildman–Crippen MR) is 79.1 cm³/mol. The molecule has 0 saturated heterocycles. The van der Waals surface area contributed by atoms with Gasteiger partial charge in [0.25, 0.3) is 0 Å². The zero-order valence-electron chi connectivity index (χ0n) is 11.4. The van der Waals surface area contributed by atoms with Gasteiger partial charge in [0.2, 0.25) is 0 Å². The van der Waals surface area contributed by atoms with Gasteiger partial charge in [0.1, 0.15) is 11.5 Å². The topological polar surface area (TPSA) is 64.9 Å². The van der Waals surface area contributed by atoms with Crippen LogP contribution in [0.3, 0.4) is 0 Å². The third-order valence-corrected chi connectivity index (χ3v) is 2.99. The van der Waals surface area contributed by atoms with Crippen molar-refractivity contribution in [3.05, 3.63) is 53.9 Å². The van der Waals surface area contributed by atoms with Gasteiger partial charge in [0, 0.05) is 16.9 Å². The summed E-state index contributed by atoms with van der Waals surface area (Å²) in [5.74, 6) is 2.27. The van der Waals surface area contributed by atoms with Crippen molar-refractivity contribution in [2.24, 2.45) is 0 Å². The minimum atomic E-state index is 0.654. The van der Waals surface area contributed by atoms with E-state index in [1.54, 1.807) is 0 Å². The fraction of sp³-hybridized carbons (Fsp3) is 0.125. The molecule has 0 aliphatic carbocycles. The number of aryl methyl sites for hydroxylation is 2. The number of anilines is 1. The number of furan rings is 1. The Morgan fingerprint density at radius 1 is 1.00 bits per heavy atom. The van der Waals surface area contributed by atoms with E-state index in [4.69, 9.17) is 10.2 Å². The van der Waals surface area contributed by atoms with E-state index in [-0.39, 0.29) is 0 Å². The minimum absolute atomic E-state index is 0.654. The molecule has 4 nitrogen and oxygen atoms in total. The number of hydrogen-bond acceptors (Lipinski definition) is 4. The van der Waals surface area contributed by atoms with E-state index in [2.05, 4.69) is 9.97 Å². The normalized spacial score (nSPS) is 10.7. The number of benzene rings is 1. The van der Waals surface area contributed by atoms with Crippen molar-refractivity contribution < 1.29 is 4.42 Å². The molecule has 0 atom stereocenters. The highest BCUT2D eigenvalue weighted by Gasteiger charge is 2.09. The van der Waals surface area contributed by atoms with Crippen LogP contribution in [-0.4, -0.2) is 9.97 Å². The maximum absolute atomic E-state index is 5.81. The first-order valence-corrected chi connectivity index (χ1v) is 6.40. The van der Waals surface area contributed by atoms with E-state index >= 15 is 0 Å².